The monoisotopic (exact) mass is 403 g/mol. The van der Waals surface area contributed by atoms with Crippen molar-refractivity contribution in [1.29, 1.82) is 0 Å². The number of hydrogen-bond acceptors (Lipinski definition) is 4. The summed E-state index contributed by atoms with van der Waals surface area (Å²) in [6.45, 7) is 3.91. The van der Waals surface area contributed by atoms with Crippen LogP contribution in [0.5, 0.6) is 0 Å². The highest BCUT2D eigenvalue weighted by Crippen LogP contribution is 2.32. The van der Waals surface area contributed by atoms with Gasteiger partial charge in [-0.1, -0.05) is 0 Å². The lowest BCUT2D eigenvalue weighted by Gasteiger charge is -2.36. The van der Waals surface area contributed by atoms with E-state index >= 15 is 0 Å². The van der Waals surface area contributed by atoms with Crippen molar-refractivity contribution >= 4 is 35.6 Å². The van der Waals surface area contributed by atoms with Gasteiger partial charge in [-0.05, 0) is 68.6 Å². The second kappa shape index (κ2) is 8.32. The van der Waals surface area contributed by atoms with Crippen LogP contribution in [0.2, 0.25) is 0 Å². The van der Waals surface area contributed by atoms with Crippen LogP contribution in [0.15, 0.2) is 36.7 Å². The molecule has 1 aromatic heterocycles. The normalized spacial score (nSPS) is 18.0. The number of amides is 2. The summed E-state index contributed by atoms with van der Waals surface area (Å²) in [5.74, 6) is 0.0203. The maximum absolute atomic E-state index is 13.3. The number of nitrogens with one attached hydrogen (secondary N) is 2. The molecule has 3 heterocycles. The van der Waals surface area contributed by atoms with E-state index in [4.69, 9.17) is 0 Å². The second-order valence-electron chi connectivity index (χ2n) is 7.30. The highest BCUT2D eigenvalue weighted by Gasteiger charge is 2.42. The molecule has 2 N–H and O–H groups in total. The number of anilines is 2. The highest BCUT2D eigenvalue weighted by atomic mass is 35.5. The standard InChI is InChI=1S/C20H25N5O2.ClH/c1-15(26)24-12-2-4-16-14-17(5-6-18(16)24)23-19(27)20(7-10-21-11-8-20)25-13-3-9-22-25;/h3,5-6,9,13-14,21H,2,4,7-8,10-12H2,1H3,(H,23,27);1H. The molecule has 2 aliphatic heterocycles. The van der Waals surface area contributed by atoms with E-state index in [9.17, 15) is 9.59 Å². The van der Waals surface area contributed by atoms with E-state index in [1.165, 1.54) is 0 Å². The van der Waals surface area contributed by atoms with Gasteiger partial charge >= 0.3 is 0 Å². The third-order valence-corrected chi connectivity index (χ3v) is 5.63. The Morgan fingerprint density at radius 3 is 2.71 bits per heavy atom. The van der Waals surface area contributed by atoms with Crippen molar-refractivity contribution < 1.29 is 9.59 Å². The van der Waals surface area contributed by atoms with Gasteiger partial charge in [0, 0.05) is 37.2 Å². The lowest BCUT2D eigenvalue weighted by Crippen LogP contribution is -2.52. The van der Waals surface area contributed by atoms with Gasteiger partial charge in [-0.2, -0.15) is 5.10 Å². The fourth-order valence-corrected chi connectivity index (χ4v) is 4.17. The van der Waals surface area contributed by atoms with E-state index in [-0.39, 0.29) is 24.2 Å². The van der Waals surface area contributed by atoms with Gasteiger partial charge in [-0.25, -0.2) is 0 Å². The van der Waals surface area contributed by atoms with E-state index in [0.29, 0.717) is 12.8 Å². The first-order valence-corrected chi connectivity index (χ1v) is 9.53. The Kier molecular flexibility index (Phi) is 6.05. The fraction of sp³-hybridized carbons (Fsp3) is 0.450. The summed E-state index contributed by atoms with van der Waals surface area (Å²) in [6, 6.07) is 7.68. The molecule has 1 fully saturated rings. The smallest absolute Gasteiger partial charge is 0.252 e. The summed E-state index contributed by atoms with van der Waals surface area (Å²) in [5, 5.41) is 10.8. The van der Waals surface area contributed by atoms with Gasteiger partial charge in [0.25, 0.3) is 5.91 Å². The Labute approximate surface area is 170 Å². The van der Waals surface area contributed by atoms with Crippen LogP contribution in [0.25, 0.3) is 0 Å². The number of fused-ring (bicyclic) bond motifs is 1. The molecule has 4 rings (SSSR count). The average Bonchev–Trinajstić information content (AvgIpc) is 3.23. The quantitative estimate of drug-likeness (QED) is 0.824. The van der Waals surface area contributed by atoms with Crippen LogP contribution < -0.4 is 15.5 Å². The third kappa shape index (κ3) is 3.64. The molecule has 2 amide bonds. The molecule has 150 valence electrons. The summed E-state index contributed by atoms with van der Waals surface area (Å²) >= 11 is 0. The highest BCUT2D eigenvalue weighted by molar-refractivity contribution is 5.98. The van der Waals surface area contributed by atoms with Gasteiger partial charge in [-0.3, -0.25) is 14.3 Å². The van der Waals surface area contributed by atoms with Crippen LogP contribution in [0.1, 0.15) is 31.7 Å². The number of aromatic nitrogens is 2. The van der Waals surface area contributed by atoms with Gasteiger partial charge in [-0.15, -0.1) is 12.4 Å². The lowest BCUT2D eigenvalue weighted by atomic mass is 9.87. The van der Waals surface area contributed by atoms with Crippen LogP contribution in [0, 0.1) is 0 Å². The van der Waals surface area contributed by atoms with Gasteiger partial charge in [0.1, 0.15) is 5.54 Å². The first kappa shape index (κ1) is 20.4. The Morgan fingerprint density at radius 1 is 1.25 bits per heavy atom. The molecular formula is C20H26ClN5O2. The summed E-state index contributed by atoms with van der Waals surface area (Å²) in [5.41, 5.74) is 2.16. The second-order valence-corrected chi connectivity index (χ2v) is 7.30. The molecule has 0 spiro atoms. The number of piperidine rings is 1. The Balaban J connectivity index is 0.00000225. The van der Waals surface area contributed by atoms with E-state index < -0.39 is 5.54 Å². The molecular weight excluding hydrogens is 378 g/mol. The molecule has 1 aromatic carbocycles. The van der Waals surface area contributed by atoms with Crippen LogP contribution in [0.3, 0.4) is 0 Å². The summed E-state index contributed by atoms with van der Waals surface area (Å²) in [7, 11) is 0. The van der Waals surface area contributed by atoms with Crippen LogP contribution in [-0.4, -0.2) is 41.2 Å². The molecule has 0 radical (unpaired) electrons. The number of halogens is 1. The van der Waals surface area contributed by atoms with Gasteiger partial charge in [0.05, 0.1) is 0 Å². The zero-order chi connectivity index (χ0) is 18.9. The molecule has 8 heteroatoms. The summed E-state index contributed by atoms with van der Waals surface area (Å²) in [4.78, 5) is 26.9. The van der Waals surface area contributed by atoms with Crippen LogP contribution >= 0.6 is 12.4 Å². The van der Waals surface area contributed by atoms with E-state index in [1.807, 2.05) is 35.4 Å². The van der Waals surface area contributed by atoms with Gasteiger partial charge in [0.15, 0.2) is 0 Å². The first-order valence-electron chi connectivity index (χ1n) is 9.53. The fourth-order valence-electron chi connectivity index (χ4n) is 4.17. The maximum Gasteiger partial charge on any atom is 0.252 e. The topological polar surface area (TPSA) is 79.3 Å². The molecule has 0 bridgehead atoms. The minimum atomic E-state index is -0.671. The van der Waals surface area contributed by atoms with Crippen molar-refractivity contribution in [3.8, 4) is 0 Å². The van der Waals surface area contributed by atoms with Crippen LogP contribution in [-0.2, 0) is 21.5 Å². The van der Waals surface area contributed by atoms with Crippen molar-refractivity contribution in [2.75, 3.05) is 29.9 Å². The molecule has 28 heavy (non-hydrogen) atoms. The molecule has 0 unspecified atom stereocenters. The van der Waals surface area contributed by atoms with E-state index in [0.717, 1.165) is 49.4 Å². The third-order valence-electron chi connectivity index (χ3n) is 5.63. The number of aryl methyl sites for hydroxylation is 1. The maximum atomic E-state index is 13.3. The average molecular weight is 404 g/mol. The zero-order valence-corrected chi connectivity index (χ0v) is 16.8. The SMILES string of the molecule is CC(=O)N1CCCc2cc(NC(=O)C3(n4cccn4)CCNCC3)ccc21.Cl. The van der Waals surface area contributed by atoms with Crippen molar-refractivity contribution in [1.82, 2.24) is 15.1 Å². The number of carbonyl (C=O) groups is 2. The number of carbonyl (C=O) groups excluding carboxylic acids is 2. The minimum Gasteiger partial charge on any atom is -0.324 e. The molecule has 0 saturated carbocycles. The Morgan fingerprint density at radius 2 is 2.04 bits per heavy atom. The van der Waals surface area contributed by atoms with Crippen molar-refractivity contribution in [3.05, 3.63) is 42.2 Å². The van der Waals surface area contributed by atoms with Crippen LogP contribution in [0.4, 0.5) is 11.4 Å². The summed E-state index contributed by atoms with van der Waals surface area (Å²) in [6.07, 6.45) is 6.83. The minimum absolute atomic E-state index is 0. The number of benzene rings is 1. The molecule has 0 atom stereocenters. The van der Waals surface area contributed by atoms with Crippen molar-refractivity contribution in [2.45, 2.75) is 38.1 Å². The zero-order valence-electron chi connectivity index (χ0n) is 16.0. The molecule has 2 aliphatic rings. The molecule has 0 aliphatic carbocycles. The largest absolute Gasteiger partial charge is 0.324 e. The van der Waals surface area contributed by atoms with Crippen molar-refractivity contribution in [3.63, 3.8) is 0 Å². The van der Waals surface area contributed by atoms with Crippen molar-refractivity contribution in [2.24, 2.45) is 0 Å². The Bertz CT molecular complexity index is 846. The van der Waals surface area contributed by atoms with Gasteiger partial charge < -0.3 is 15.5 Å². The predicted octanol–water partition coefficient (Wildman–Crippen LogP) is 2.32. The molecule has 7 nitrogen and oxygen atoms in total. The Hall–Kier alpha value is -2.38. The molecule has 2 aromatic rings. The number of hydrogen-bond donors (Lipinski definition) is 2. The number of nitrogens with zero attached hydrogens (tertiary/aromatic N) is 3. The first-order chi connectivity index (χ1) is 13.1. The number of rotatable bonds is 3. The van der Waals surface area contributed by atoms with E-state index in [1.54, 1.807) is 17.8 Å². The summed E-state index contributed by atoms with van der Waals surface area (Å²) < 4.78 is 1.79. The molecule has 1 saturated heterocycles. The lowest BCUT2D eigenvalue weighted by molar-refractivity contribution is -0.126. The predicted molar refractivity (Wildman–Crippen MR) is 111 cm³/mol. The van der Waals surface area contributed by atoms with E-state index in [2.05, 4.69) is 15.7 Å². The van der Waals surface area contributed by atoms with Gasteiger partial charge in [0.2, 0.25) is 5.91 Å².